The maximum atomic E-state index is 12.4. The van der Waals surface area contributed by atoms with Crippen molar-refractivity contribution in [1.82, 2.24) is 15.5 Å². The van der Waals surface area contributed by atoms with E-state index in [2.05, 4.69) is 20.8 Å². The number of hydrogen-bond donors (Lipinski definition) is 3. The third-order valence-corrected chi connectivity index (χ3v) is 4.47. The van der Waals surface area contributed by atoms with Gasteiger partial charge < -0.3 is 15.4 Å². The molecule has 6 nitrogen and oxygen atoms in total. The molecule has 0 saturated heterocycles. The molecular weight excluding hydrogens is 304 g/mol. The highest BCUT2D eigenvalue weighted by molar-refractivity contribution is 6.00. The molecule has 2 aromatic carbocycles. The van der Waals surface area contributed by atoms with Gasteiger partial charge in [0, 0.05) is 5.39 Å². The summed E-state index contributed by atoms with van der Waals surface area (Å²) in [6.45, 7) is 0. The highest BCUT2D eigenvalue weighted by atomic mass is 16.5. The van der Waals surface area contributed by atoms with Crippen molar-refractivity contribution in [3.8, 4) is 5.75 Å². The number of nitrogens with zero attached hydrogens (tertiary/aromatic N) is 1. The summed E-state index contributed by atoms with van der Waals surface area (Å²) in [5, 5.41) is 13.8. The van der Waals surface area contributed by atoms with Crippen LogP contribution < -0.4 is 15.4 Å². The Bertz CT molecular complexity index is 903. The third-order valence-electron chi connectivity index (χ3n) is 4.47. The Morgan fingerprint density at radius 2 is 2.25 bits per heavy atom. The van der Waals surface area contributed by atoms with E-state index in [9.17, 15) is 4.79 Å². The highest BCUT2D eigenvalue weighted by Crippen LogP contribution is 2.33. The fraction of sp³-hybridized carbons (Fsp3) is 0.222. The second-order valence-corrected chi connectivity index (χ2v) is 5.89. The molecule has 1 aliphatic rings. The minimum absolute atomic E-state index is 0.0226. The normalized spacial score (nSPS) is 16.0. The van der Waals surface area contributed by atoms with Gasteiger partial charge in [-0.2, -0.15) is 5.10 Å². The fourth-order valence-corrected chi connectivity index (χ4v) is 3.26. The molecule has 0 bridgehead atoms. The summed E-state index contributed by atoms with van der Waals surface area (Å²) in [7, 11) is 1.66. The van der Waals surface area contributed by atoms with Gasteiger partial charge in [-0.1, -0.05) is 12.1 Å². The number of rotatable bonds is 3. The number of carbonyl (C=O) groups excluding carboxylic acids is 1. The predicted molar refractivity (Wildman–Crippen MR) is 92.3 cm³/mol. The molecule has 24 heavy (non-hydrogen) atoms. The lowest BCUT2D eigenvalue weighted by molar-refractivity contribution is 0.248. The lowest BCUT2D eigenvalue weighted by atomic mass is 10.1. The molecule has 0 spiro atoms. The van der Waals surface area contributed by atoms with Gasteiger partial charge in [-0.15, -0.1) is 0 Å². The standard InChI is InChI=1S/C18H18N4O2/c1-24-12-6-7-13-11(9-12)5-8-16(13)21-18(23)20-15-3-2-4-17-14(15)10-19-22-17/h2-4,6-7,9-10,16H,5,8H2,1H3,(H,19,22)(H2,20,21,23)/t16-/m1/s1. The van der Waals surface area contributed by atoms with Crippen molar-refractivity contribution in [2.45, 2.75) is 18.9 Å². The van der Waals surface area contributed by atoms with Gasteiger partial charge in [0.1, 0.15) is 5.75 Å². The number of aryl methyl sites for hydroxylation is 1. The van der Waals surface area contributed by atoms with E-state index in [1.807, 2.05) is 36.4 Å². The van der Waals surface area contributed by atoms with Crippen LogP contribution in [0, 0.1) is 0 Å². The SMILES string of the molecule is COc1ccc2c(c1)CC[C@H]2NC(=O)Nc1cccc2[nH]ncc12. The van der Waals surface area contributed by atoms with Crippen LogP contribution in [-0.2, 0) is 6.42 Å². The number of aromatic amines is 1. The number of benzene rings is 2. The van der Waals surface area contributed by atoms with E-state index in [1.54, 1.807) is 13.3 Å². The van der Waals surface area contributed by atoms with E-state index in [1.165, 1.54) is 5.56 Å². The molecule has 4 rings (SSSR count). The first-order valence-corrected chi connectivity index (χ1v) is 7.91. The zero-order valence-corrected chi connectivity index (χ0v) is 13.3. The third kappa shape index (κ3) is 2.56. The summed E-state index contributed by atoms with van der Waals surface area (Å²) in [5.74, 6) is 0.852. The smallest absolute Gasteiger partial charge is 0.319 e. The molecule has 0 aliphatic heterocycles. The molecule has 1 aliphatic carbocycles. The number of H-pyrrole nitrogens is 1. The molecular formula is C18H18N4O2. The molecule has 0 saturated carbocycles. The summed E-state index contributed by atoms with van der Waals surface area (Å²) in [4.78, 5) is 12.4. The monoisotopic (exact) mass is 322 g/mol. The van der Waals surface area contributed by atoms with Crippen molar-refractivity contribution in [3.63, 3.8) is 0 Å². The van der Waals surface area contributed by atoms with Gasteiger partial charge in [0.05, 0.1) is 30.6 Å². The van der Waals surface area contributed by atoms with Gasteiger partial charge >= 0.3 is 6.03 Å². The Morgan fingerprint density at radius 1 is 1.33 bits per heavy atom. The number of carbonyl (C=O) groups is 1. The quantitative estimate of drug-likeness (QED) is 0.691. The maximum Gasteiger partial charge on any atom is 0.319 e. The van der Waals surface area contributed by atoms with E-state index < -0.39 is 0 Å². The van der Waals surface area contributed by atoms with Crippen LogP contribution in [0.4, 0.5) is 10.5 Å². The second-order valence-electron chi connectivity index (χ2n) is 5.89. The van der Waals surface area contributed by atoms with Crippen LogP contribution >= 0.6 is 0 Å². The molecule has 0 radical (unpaired) electrons. The number of nitrogens with one attached hydrogen (secondary N) is 3. The molecule has 0 fully saturated rings. The zero-order valence-electron chi connectivity index (χ0n) is 13.3. The van der Waals surface area contributed by atoms with Crippen LogP contribution in [-0.4, -0.2) is 23.3 Å². The largest absolute Gasteiger partial charge is 0.497 e. The number of amides is 2. The number of urea groups is 1. The van der Waals surface area contributed by atoms with Crippen LogP contribution in [0.2, 0.25) is 0 Å². The first-order chi connectivity index (χ1) is 11.7. The number of hydrogen-bond acceptors (Lipinski definition) is 3. The van der Waals surface area contributed by atoms with Gasteiger partial charge in [0.2, 0.25) is 0 Å². The predicted octanol–water partition coefficient (Wildman–Crippen LogP) is 3.38. The number of methoxy groups -OCH3 is 1. The molecule has 2 amide bonds. The van der Waals surface area contributed by atoms with Crippen LogP contribution in [0.1, 0.15) is 23.6 Å². The first kappa shape index (κ1) is 14.6. The van der Waals surface area contributed by atoms with Crippen molar-refractivity contribution in [2.75, 3.05) is 12.4 Å². The van der Waals surface area contributed by atoms with Crippen LogP contribution in [0.25, 0.3) is 10.9 Å². The average molecular weight is 322 g/mol. The van der Waals surface area contributed by atoms with Crippen molar-refractivity contribution in [1.29, 1.82) is 0 Å². The molecule has 1 aromatic heterocycles. The summed E-state index contributed by atoms with van der Waals surface area (Å²) in [6.07, 6.45) is 3.54. The average Bonchev–Trinajstić information content (AvgIpc) is 3.22. The fourth-order valence-electron chi connectivity index (χ4n) is 3.26. The Morgan fingerprint density at radius 3 is 3.12 bits per heavy atom. The number of anilines is 1. The molecule has 6 heteroatoms. The molecule has 1 atom stereocenters. The molecule has 122 valence electrons. The Labute approximate surface area is 139 Å². The Kier molecular flexibility index (Phi) is 3.57. The number of aromatic nitrogens is 2. The summed E-state index contributed by atoms with van der Waals surface area (Å²) in [6, 6.07) is 11.5. The minimum atomic E-state index is -0.211. The molecule has 1 heterocycles. The summed E-state index contributed by atoms with van der Waals surface area (Å²) in [5.41, 5.74) is 4.03. The lowest BCUT2D eigenvalue weighted by Gasteiger charge is -2.15. The highest BCUT2D eigenvalue weighted by Gasteiger charge is 2.24. The van der Waals surface area contributed by atoms with Crippen molar-refractivity contribution in [3.05, 3.63) is 53.7 Å². The minimum Gasteiger partial charge on any atom is -0.497 e. The van der Waals surface area contributed by atoms with Gasteiger partial charge in [-0.25, -0.2) is 4.79 Å². The molecule has 3 N–H and O–H groups in total. The second kappa shape index (κ2) is 5.88. The van der Waals surface area contributed by atoms with Crippen molar-refractivity contribution in [2.24, 2.45) is 0 Å². The van der Waals surface area contributed by atoms with E-state index in [-0.39, 0.29) is 12.1 Å². The van der Waals surface area contributed by atoms with Crippen LogP contribution in [0.5, 0.6) is 5.75 Å². The maximum absolute atomic E-state index is 12.4. The van der Waals surface area contributed by atoms with Crippen LogP contribution in [0.3, 0.4) is 0 Å². The summed E-state index contributed by atoms with van der Waals surface area (Å²) >= 11 is 0. The topological polar surface area (TPSA) is 79.0 Å². The van der Waals surface area contributed by atoms with Gasteiger partial charge in [0.15, 0.2) is 0 Å². The van der Waals surface area contributed by atoms with Gasteiger partial charge in [-0.05, 0) is 48.2 Å². The van der Waals surface area contributed by atoms with E-state index >= 15 is 0 Å². The van der Waals surface area contributed by atoms with E-state index in [4.69, 9.17) is 4.74 Å². The summed E-state index contributed by atoms with van der Waals surface area (Å²) < 4.78 is 5.26. The number of ether oxygens (including phenoxy) is 1. The van der Waals surface area contributed by atoms with Gasteiger partial charge in [-0.3, -0.25) is 5.10 Å². The Hall–Kier alpha value is -3.02. The van der Waals surface area contributed by atoms with Gasteiger partial charge in [0.25, 0.3) is 0 Å². The van der Waals surface area contributed by atoms with E-state index in [0.717, 1.165) is 40.7 Å². The van der Waals surface area contributed by atoms with Crippen molar-refractivity contribution >= 4 is 22.6 Å². The molecule has 0 unspecified atom stereocenters. The molecule has 3 aromatic rings. The van der Waals surface area contributed by atoms with Crippen molar-refractivity contribution < 1.29 is 9.53 Å². The van der Waals surface area contributed by atoms with E-state index in [0.29, 0.717) is 0 Å². The number of fused-ring (bicyclic) bond motifs is 2. The Balaban J connectivity index is 1.49. The lowest BCUT2D eigenvalue weighted by Crippen LogP contribution is -2.31. The first-order valence-electron chi connectivity index (χ1n) is 7.91. The zero-order chi connectivity index (χ0) is 16.5. The van der Waals surface area contributed by atoms with Crippen LogP contribution in [0.15, 0.2) is 42.6 Å².